The van der Waals surface area contributed by atoms with Crippen molar-refractivity contribution in [1.29, 1.82) is 0 Å². The monoisotopic (exact) mass is 329 g/mol. The first kappa shape index (κ1) is 15.5. The van der Waals surface area contributed by atoms with Crippen LogP contribution in [-0.4, -0.2) is 14.2 Å². The van der Waals surface area contributed by atoms with Crippen LogP contribution in [0.15, 0.2) is 63.9 Å². The Hall–Kier alpha value is -2.44. The minimum atomic E-state index is -3.66. The average molecular weight is 329 g/mol. The third-order valence-corrected chi connectivity index (χ3v) is 4.90. The predicted octanol–water partition coefficient (Wildman–Crippen LogP) is 3.11. The summed E-state index contributed by atoms with van der Waals surface area (Å²) in [5.74, 6) is 0.430. The summed E-state index contributed by atoms with van der Waals surface area (Å²) in [6, 6.07) is 15.1. The Morgan fingerprint density at radius 1 is 1.09 bits per heavy atom. The maximum atomic E-state index is 12.3. The quantitative estimate of drug-likeness (QED) is 0.730. The molecule has 0 aliphatic rings. The molecule has 2 aromatic carbocycles. The second kappa shape index (κ2) is 5.98. The maximum absolute atomic E-state index is 12.3. The molecule has 3 rings (SSSR count). The number of ketones is 1. The van der Waals surface area contributed by atoms with E-state index in [1.807, 2.05) is 24.3 Å². The summed E-state index contributed by atoms with van der Waals surface area (Å²) in [6.07, 6.45) is 0. The third kappa shape index (κ3) is 3.33. The fraction of sp³-hybridized carbons (Fsp3) is 0.118. The number of rotatable bonds is 5. The SMILES string of the molecule is CC(=O)c1ccc(S(=O)(=O)NCc2cc3ccccc3o2)cc1. The van der Waals surface area contributed by atoms with Crippen molar-refractivity contribution in [3.05, 3.63) is 65.9 Å². The molecule has 1 aromatic heterocycles. The van der Waals surface area contributed by atoms with Gasteiger partial charge in [-0.15, -0.1) is 0 Å². The number of benzene rings is 2. The predicted molar refractivity (Wildman–Crippen MR) is 86.7 cm³/mol. The largest absolute Gasteiger partial charge is 0.460 e. The van der Waals surface area contributed by atoms with Crippen molar-refractivity contribution in [3.8, 4) is 0 Å². The van der Waals surface area contributed by atoms with E-state index in [-0.39, 0.29) is 17.2 Å². The van der Waals surface area contributed by atoms with Gasteiger partial charge in [-0.2, -0.15) is 0 Å². The Bertz CT molecular complexity index is 923. The lowest BCUT2D eigenvalue weighted by molar-refractivity contribution is 0.101. The second-order valence-corrected chi connectivity index (χ2v) is 6.92. The van der Waals surface area contributed by atoms with Crippen molar-refractivity contribution in [2.24, 2.45) is 0 Å². The molecule has 0 atom stereocenters. The number of nitrogens with one attached hydrogen (secondary N) is 1. The Kier molecular flexibility index (Phi) is 4.02. The zero-order valence-corrected chi connectivity index (χ0v) is 13.3. The molecule has 118 valence electrons. The summed E-state index contributed by atoms with van der Waals surface area (Å²) in [6.45, 7) is 1.49. The summed E-state index contributed by atoms with van der Waals surface area (Å²) in [7, 11) is -3.66. The Morgan fingerprint density at radius 2 is 1.78 bits per heavy atom. The highest BCUT2D eigenvalue weighted by molar-refractivity contribution is 7.89. The Morgan fingerprint density at radius 3 is 2.43 bits per heavy atom. The van der Waals surface area contributed by atoms with Crippen molar-refractivity contribution < 1.29 is 17.6 Å². The van der Waals surface area contributed by atoms with E-state index in [2.05, 4.69) is 4.72 Å². The second-order valence-electron chi connectivity index (χ2n) is 5.16. The third-order valence-electron chi connectivity index (χ3n) is 3.48. The minimum absolute atomic E-state index is 0.0610. The van der Waals surface area contributed by atoms with Crippen LogP contribution >= 0.6 is 0 Å². The highest BCUT2D eigenvalue weighted by atomic mass is 32.2. The van der Waals surface area contributed by atoms with Crippen LogP contribution in [0.1, 0.15) is 23.0 Å². The van der Waals surface area contributed by atoms with E-state index in [0.29, 0.717) is 16.9 Å². The highest BCUT2D eigenvalue weighted by Gasteiger charge is 2.15. The van der Waals surface area contributed by atoms with Crippen molar-refractivity contribution >= 4 is 26.8 Å². The molecule has 0 bridgehead atoms. The first-order valence-corrected chi connectivity index (χ1v) is 8.52. The van der Waals surface area contributed by atoms with Gasteiger partial charge in [0.2, 0.25) is 10.0 Å². The van der Waals surface area contributed by atoms with Gasteiger partial charge < -0.3 is 4.42 Å². The van der Waals surface area contributed by atoms with Gasteiger partial charge in [-0.1, -0.05) is 30.3 Å². The van der Waals surface area contributed by atoms with Gasteiger partial charge in [0.25, 0.3) is 0 Å². The fourth-order valence-corrected chi connectivity index (χ4v) is 3.24. The van der Waals surface area contributed by atoms with Crippen LogP contribution in [0.5, 0.6) is 0 Å². The summed E-state index contributed by atoms with van der Waals surface area (Å²) >= 11 is 0. The van der Waals surface area contributed by atoms with Crippen LogP contribution in [0.25, 0.3) is 11.0 Å². The van der Waals surface area contributed by atoms with E-state index >= 15 is 0 Å². The number of furan rings is 1. The molecule has 0 unspecified atom stereocenters. The molecular weight excluding hydrogens is 314 g/mol. The van der Waals surface area contributed by atoms with Crippen molar-refractivity contribution in [3.63, 3.8) is 0 Å². The van der Waals surface area contributed by atoms with Crippen molar-refractivity contribution in [2.45, 2.75) is 18.4 Å². The van der Waals surface area contributed by atoms with Gasteiger partial charge in [0.15, 0.2) is 5.78 Å². The number of para-hydroxylation sites is 1. The molecule has 0 fully saturated rings. The van der Waals surface area contributed by atoms with Crippen LogP contribution in [0.2, 0.25) is 0 Å². The van der Waals surface area contributed by atoms with E-state index in [9.17, 15) is 13.2 Å². The van der Waals surface area contributed by atoms with Crippen LogP contribution in [-0.2, 0) is 16.6 Å². The molecule has 0 radical (unpaired) electrons. The Labute approximate surface area is 134 Å². The first-order chi connectivity index (χ1) is 11.0. The van der Waals surface area contributed by atoms with Crippen molar-refractivity contribution in [1.82, 2.24) is 4.72 Å². The molecule has 0 saturated carbocycles. The number of Topliss-reactive ketones (excluding diaryl/α,β-unsaturated/α-hetero) is 1. The highest BCUT2D eigenvalue weighted by Crippen LogP contribution is 2.19. The zero-order valence-electron chi connectivity index (χ0n) is 12.4. The molecule has 1 heterocycles. The van der Waals surface area contributed by atoms with E-state index < -0.39 is 10.0 Å². The van der Waals surface area contributed by atoms with Crippen LogP contribution in [0.3, 0.4) is 0 Å². The minimum Gasteiger partial charge on any atom is -0.460 e. The molecule has 5 nitrogen and oxygen atoms in total. The first-order valence-electron chi connectivity index (χ1n) is 7.04. The number of hydrogen-bond acceptors (Lipinski definition) is 4. The van der Waals surface area contributed by atoms with Crippen LogP contribution in [0, 0.1) is 0 Å². The van der Waals surface area contributed by atoms with E-state index in [1.54, 1.807) is 6.07 Å². The van der Waals surface area contributed by atoms with E-state index in [1.165, 1.54) is 31.2 Å². The zero-order chi connectivity index (χ0) is 16.4. The number of hydrogen-bond donors (Lipinski definition) is 1. The molecule has 0 amide bonds. The summed E-state index contributed by atoms with van der Waals surface area (Å²) in [4.78, 5) is 11.3. The van der Waals surface area contributed by atoms with E-state index in [0.717, 1.165) is 5.39 Å². The number of carbonyl (C=O) groups is 1. The van der Waals surface area contributed by atoms with Gasteiger partial charge in [-0.25, -0.2) is 13.1 Å². The lowest BCUT2D eigenvalue weighted by Crippen LogP contribution is -2.23. The average Bonchev–Trinajstić information content (AvgIpc) is 2.96. The molecule has 0 saturated heterocycles. The van der Waals surface area contributed by atoms with Gasteiger partial charge in [0.05, 0.1) is 11.4 Å². The van der Waals surface area contributed by atoms with E-state index in [4.69, 9.17) is 4.42 Å². The topological polar surface area (TPSA) is 76.4 Å². The molecule has 6 heteroatoms. The number of carbonyl (C=O) groups excluding carboxylic acids is 1. The smallest absolute Gasteiger partial charge is 0.240 e. The molecule has 23 heavy (non-hydrogen) atoms. The van der Waals surface area contributed by atoms with Gasteiger partial charge in [0.1, 0.15) is 11.3 Å². The Balaban J connectivity index is 1.76. The van der Waals surface area contributed by atoms with Crippen molar-refractivity contribution in [2.75, 3.05) is 0 Å². The van der Waals surface area contributed by atoms with Gasteiger partial charge in [0, 0.05) is 10.9 Å². The normalized spacial score (nSPS) is 11.7. The molecule has 3 aromatic rings. The summed E-state index contributed by atoms with van der Waals surface area (Å²) in [5, 5.41) is 0.924. The molecular formula is C17H15NO4S. The fourth-order valence-electron chi connectivity index (χ4n) is 2.24. The van der Waals surface area contributed by atoms with Crippen LogP contribution < -0.4 is 4.72 Å². The maximum Gasteiger partial charge on any atom is 0.240 e. The van der Waals surface area contributed by atoms with Crippen LogP contribution in [0.4, 0.5) is 0 Å². The number of sulfonamides is 1. The standard InChI is InChI=1S/C17H15NO4S/c1-12(19)13-6-8-16(9-7-13)23(20,21)18-11-15-10-14-4-2-3-5-17(14)22-15/h2-10,18H,11H2,1H3. The molecule has 0 spiro atoms. The molecule has 0 aliphatic carbocycles. The van der Waals surface area contributed by atoms with Gasteiger partial charge >= 0.3 is 0 Å². The lowest BCUT2D eigenvalue weighted by atomic mass is 10.2. The van der Waals surface area contributed by atoms with Gasteiger partial charge in [-0.05, 0) is 31.2 Å². The lowest BCUT2D eigenvalue weighted by Gasteiger charge is -2.05. The molecule has 1 N–H and O–H groups in total. The summed E-state index contributed by atoms with van der Waals surface area (Å²) < 4.78 is 32.6. The summed E-state index contributed by atoms with van der Waals surface area (Å²) in [5.41, 5.74) is 1.19. The number of fused-ring (bicyclic) bond motifs is 1. The molecule has 0 aliphatic heterocycles. The van der Waals surface area contributed by atoms with Gasteiger partial charge in [-0.3, -0.25) is 4.79 Å².